The molecule has 5 heteroatoms. The zero-order chi connectivity index (χ0) is 8.97. The van der Waals surface area contributed by atoms with Gasteiger partial charge in [-0.1, -0.05) is 6.07 Å². The molecule has 0 atom stereocenters. The van der Waals surface area contributed by atoms with E-state index < -0.39 is 0 Å². The van der Waals surface area contributed by atoms with Crippen molar-refractivity contribution in [2.75, 3.05) is 5.73 Å². The predicted molar refractivity (Wildman–Crippen MR) is 48.2 cm³/mol. The van der Waals surface area contributed by atoms with Crippen LogP contribution in [-0.2, 0) is 0 Å². The highest BCUT2D eigenvalue weighted by atomic mass is 14.9. The molecule has 0 saturated heterocycles. The molecule has 0 amide bonds. The molecule has 0 aliphatic rings. The zero-order valence-corrected chi connectivity index (χ0v) is 6.36. The highest BCUT2D eigenvalue weighted by Gasteiger charge is 1.97. The number of anilines is 1. The van der Waals surface area contributed by atoms with Gasteiger partial charge in [0, 0.05) is 0 Å². The van der Waals surface area contributed by atoms with E-state index in [4.69, 9.17) is 16.9 Å². The molecular formula is C7H9N5. The minimum absolute atomic E-state index is 0.192. The third-order valence-corrected chi connectivity index (χ3v) is 1.24. The molecule has 0 bridgehead atoms. The summed E-state index contributed by atoms with van der Waals surface area (Å²) in [5.74, 6) is 0.577. The van der Waals surface area contributed by atoms with Gasteiger partial charge < -0.3 is 11.5 Å². The smallest absolute Gasteiger partial charge is 0.151 e. The van der Waals surface area contributed by atoms with Crippen molar-refractivity contribution in [3.63, 3.8) is 0 Å². The molecule has 12 heavy (non-hydrogen) atoms. The van der Waals surface area contributed by atoms with Gasteiger partial charge in [0.25, 0.3) is 0 Å². The Balaban J connectivity index is 3.03. The van der Waals surface area contributed by atoms with Gasteiger partial charge in [0.05, 0.1) is 0 Å². The summed E-state index contributed by atoms with van der Waals surface area (Å²) in [6, 6.07) is 5.06. The van der Waals surface area contributed by atoms with E-state index in [0.29, 0.717) is 11.5 Å². The Morgan fingerprint density at radius 2 is 2.33 bits per heavy atom. The molecule has 5 nitrogen and oxygen atoms in total. The number of rotatable bonds is 2. The van der Waals surface area contributed by atoms with Crippen molar-refractivity contribution in [3.8, 4) is 0 Å². The number of nitrogens with zero attached hydrogens (tertiary/aromatic N) is 2. The van der Waals surface area contributed by atoms with E-state index >= 15 is 0 Å². The van der Waals surface area contributed by atoms with Gasteiger partial charge in [-0.05, 0) is 12.1 Å². The maximum atomic E-state index is 6.68. The van der Waals surface area contributed by atoms with E-state index in [2.05, 4.69) is 9.98 Å². The molecule has 0 aliphatic carbocycles. The third-order valence-electron chi connectivity index (χ3n) is 1.24. The van der Waals surface area contributed by atoms with E-state index in [0.717, 1.165) is 6.34 Å². The first-order valence-electron chi connectivity index (χ1n) is 3.29. The average Bonchev–Trinajstić information content (AvgIpc) is 2.05. The van der Waals surface area contributed by atoms with Crippen LogP contribution in [0.4, 0.5) is 5.82 Å². The van der Waals surface area contributed by atoms with Crippen molar-refractivity contribution in [2.24, 2.45) is 10.7 Å². The van der Waals surface area contributed by atoms with Crippen LogP contribution < -0.4 is 11.5 Å². The molecule has 62 valence electrons. The normalized spacial score (nSPS) is 11.2. The van der Waals surface area contributed by atoms with Crippen molar-refractivity contribution in [1.82, 2.24) is 4.98 Å². The molecule has 1 heterocycles. The highest BCUT2D eigenvalue weighted by molar-refractivity contribution is 5.99. The first-order chi connectivity index (χ1) is 5.74. The summed E-state index contributed by atoms with van der Waals surface area (Å²) in [4.78, 5) is 7.46. The van der Waals surface area contributed by atoms with Crippen LogP contribution in [0.3, 0.4) is 0 Å². The number of nitrogens with two attached hydrogens (primary N) is 2. The Morgan fingerprint density at radius 1 is 1.58 bits per heavy atom. The van der Waals surface area contributed by atoms with E-state index in [9.17, 15) is 0 Å². The van der Waals surface area contributed by atoms with Crippen LogP contribution in [0.1, 0.15) is 5.69 Å². The van der Waals surface area contributed by atoms with Gasteiger partial charge in [-0.3, -0.25) is 5.41 Å². The molecule has 0 aliphatic heterocycles. The summed E-state index contributed by atoms with van der Waals surface area (Å²) in [6.45, 7) is 0. The lowest BCUT2D eigenvalue weighted by Crippen LogP contribution is -2.15. The van der Waals surface area contributed by atoms with E-state index in [1.165, 1.54) is 0 Å². The lowest BCUT2D eigenvalue weighted by molar-refractivity contribution is 1.28. The standard InChI is InChI=1S/C7H9N5/c8-4-11-7(10)5-2-1-3-6(9)12-5/h1-4H,(H2,9,12)(H3,8,10,11). The van der Waals surface area contributed by atoms with Crippen molar-refractivity contribution < 1.29 is 0 Å². The van der Waals surface area contributed by atoms with Crippen LogP contribution in [0.25, 0.3) is 0 Å². The number of aromatic nitrogens is 1. The molecule has 0 unspecified atom stereocenters. The molecule has 0 fully saturated rings. The van der Waals surface area contributed by atoms with Gasteiger partial charge in [0.2, 0.25) is 0 Å². The number of nitrogens with one attached hydrogen (secondary N) is 1. The molecule has 1 aromatic heterocycles. The number of amidine groups is 1. The van der Waals surface area contributed by atoms with Gasteiger partial charge in [-0.25, -0.2) is 9.98 Å². The van der Waals surface area contributed by atoms with Crippen LogP contribution in [0.15, 0.2) is 23.2 Å². The predicted octanol–water partition coefficient (Wildman–Crippen LogP) is -0.0238. The summed E-state index contributed by atoms with van der Waals surface area (Å²) in [6.07, 6.45) is 0.861. The molecule has 1 aromatic rings. The second-order valence-electron chi connectivity index (χ2n) is 2.09. The van der Waals surface area contributed by atoms with Crippen LogP contribution in [0.5, 0.6) is 0 Å². The molecule has 0 saturated carbocycles. The minimum atomic E-state index is 0.192. The number of pyridine rings is 1. The van der Waals surface area contributed by atoms with Crippen LogP contribution in [0.2, 0.25) is 0 Å². The monoisotopic (exact) mass is 163 g/mol. The van der Waals surface area contributed by atoms with E-state index in [-0.39, 0.29) is 5.84 Å². The number of hydrogen-bond donors (Lipinski definition) is 3. The Morgan fingerprint density at radius 3 is 2.92 bits per heavy atom. The first kappa shape index (κ1) is 8.19. The fourth-order valence-electron chi connectivity index (χ4n) is 0.730. The molecular weight excluding hydrogens is 154 g/mol. The molecule has 0 spiro atoms. The summed E-state index contributed by atoms with van der Waals surface area (Å²) >= 11 is 0. The van der Waals surface area contributed by atoms with Crippen molar-refractivity contribution >= 4 is 18.0 Å². The van der Waals surface area contributed by atoms with Crippen LogP contribution in [-0.4, -0.2) is 17.2 Å². The Labute approximate surface area is 69.6 Å². The van der Waals surface area contributed by atoms with Gasteiger partial charge in [-0.15, -0.1) is 0 Å². The maximum Gasteiger partial charge on any atom is 0.151 e. The Hall–Kier alpha value is -1.91. The van der Waals surface area contributed by atoms with Crippen LogP contribution in [0, 0.1) is 5.41 Å². The van der Waals surface area contributed by atoms with Crippen molar-refractivity contribution in [1.29, 1.82) is 5.41 Å². The van der Waals surface area contributed by atoms with Gasteiger partial charge in [-0.2, -0.15) is 0 Å². The fraction of sp³-hybridized carbons (Fsp3) is 0. The largest absolute Gasteiger partial charge is 0.384 e. The Bertz CT molecular complexity index is 317. The summed E-state index contributed by atoms with van der Waals surface area (Å²) in [7, 11) is 0. The van der Waals surface area contributed by atoms with Gasteiger partial charge in [0.1, 0.15) is 17.9 Å². The second-order valence-corrected chi connectivity index (χ2v) is 2.09. The first-order valence-corrected chi connectivity index (χ1v) is 3.29. The number of aliphatic imine (C=N–C) groups is 1. The number of nitrogen functional groups attached to an aromatic ring is 1. The maximum absolute atomic E-state index is 6.68. The zero-order valence-electron chi connectivity index (χ0n) is 6.36. The van der Waals surface area contributed by atoms with Crippen molar-refractivity contribution in [2.45, 2.75) is 0 Å². The Kier molecular flexibility index (Phi) is 2.37. The molecule has 5 N–H and O–H groups in total. The van der Waals surface area contributed by atoms with E-state index in [1.54, 1.807) is 18.2 Å². The minimum Gasteiger partial charge on any atom is -0.384 e. The molecule has 1 rings (SSSR count). The van der Waals surface area contributed by atoms with Gasteiger partial charge >= 0.3 is 0 Å². The van der Waals surface area contributed by atoms with E-state index in [1.807, 2.05) is 0 Å². The lowest BCUT2D eigenvalue weighted by Gasteiger charge is -1.98. The summed E-state index contributed by atoms with van der Waals surface area (Å²) in [5.41, 5.74) is 11.4. The fourth-order valence-corrected chi connectivity index (χ4v) is 0.730. The van der Waals surface area contributed by atoms with Gasteiger partial charge in [0.15, 0.2) is 5.84 Å². The molecule has 0 radical (unpaired) electrons. The number of hydrogen-bond acceptors (Lipinski definition) is 3. The average molecular weight is 163 g/mol. The summed E-state index contributed by atoms with van der Waals surface area (Å²) < 4.78 is 0. The lowest BCUT2D eigenvalue weighted by atomic mass is 10.3. The molecule has 0 aromatic carbocycles. The summed E-state index contributed by atoms with van der Waals surface area (Å²) in [5, 5.41) is 6.68. The van der Waals surface area contributed by atoms with Crippen LogP contribution >= 0.6 is 0 Å². The topological polar surface area (TPSA) is 101 Å². The van der Waals surface area contributed by atoms with Crippen molar-refractivity contribution in [3.05, 3.63) is 23.9 Å². The SMILES string of the molecule is N=CN=C(N)c1cccc(N)n1. The quantitative estimate of drug-likeness (QED) is 0.421. The third kappa shape index (κ3) is 1.79. The second kappa shape index (κ2) is 3.47. The highest BCUT2D eigenvalue weighted by Crippen LogP contribution is 1.99.